The van der Waals surface area contributed by atoms with Crippen LogP contribution in [0.1, 0.15) is 32.2 Å². The van der Waals surface area contributed by atoms with Gasteiger partial charge in [-0.3, -0.25) is 0 Å². The van der Waals surface area contributed by atoms with Crippen molar-refractivity contribution in [2.24, 2.45) is 0 Å². The Labute approximate surface area is 132 Å². The van der Waals surface area contributed by atoms with E-state index in [1.54, 1.807) is 20.8 Å². The van der Waals surface area contributed by atoms with Crippen molar-refractivity contribution in [3.63, 3.8) is 0 Å². The molecule has 22 heavy (non-hydrogen) atoms. The second kappa shape index (κ2) is 6.26. The van der Waals surface area contributed by atoms with E-state index >= 15 is 0 Å². The van der Waals surface area contributed by atoms with E-state index in [2.05, 4.69) is 9.88 Å². The van der Waals surface area contributed by atoms with Gasteiger partial charge in [-0.2, -0.15) is 4.31 Å². The Balaban J connectivity index is 2.86. The summed E-state index contributed by atoms with van der Waals surface area (Å²) < 4.78 is 56.5. The van der Waals surface area contributed by atoms with Gasteiger partial charge in [-0.15, -0.1) is 0 Å². The molecule has 1 N–H and O–H groups in total. The number of nitrogens with zero attached hydrogens (tertiary/aromatic N) is 2. The molecule has 0 radical (unpaired) electrons. The number of hydrogen-bond acceptors (Lipinski definition) is 6. The molecule has 0 saturated carbocycles. The molecular formula is C12H23N3O5S2. The maximum absolute atomic E-state index is 12.2. The lowest BCUT2D eigenvalue weighted by Gasteiger charge is -2.33. The van der Waals surface area contributed by atoms with E-state index in [-0.39, 0.29) is 29.4 Å². The van der Waals surface area contributed by atoms with Crippen LogP contribution in [0.4, 0.5) is 0 Å². The highest BCUT2D eigenvalue weighted by molar-refractivity contribution is 7.89. The molecule has 0 aliphatic carbocycles. The molecule has 0 saturated heterocycles. The first-order valence-electron chi connectivity index (χ1n) is 6.67. The molecule has 1 aromatic heterocycles. The molecule has 0 amide bonds. The van der Waals surface area contributed by atoms with E-state index in [1.165, 1.54) is 18.2 Å². The fourth-order valence-corrected chi connectivity index (χ4v) is 4.97. The van der Waals surface area contributed by atoms with Crippen LogP contribution in [0.2, 0.25) is 0 Å². The number of sulfonamides is 2. The van der Waals surface area contributed by atoms with Gasteiger partial charge in [0.1, 0.15) is 10.6 Å². The molecule has 1 aromatic rings. The average molecular weight is 353 g/mol. The lowest BCUT2D eigenvalue weighted by molar-refractivity contribution is 0.254. The molecule has 1 heterocycles. The molecular weight excluding hydrogens is 330 g/mol. The Bertz CT molecular complexity index is 710. The molecule has 1 rings (SSSR count). The highest BCUT2D eigenvalue weighted by atomic mass is 32.2. The first-order chi connectivity index (χ1) is 9.77. The van der Waals surface area contributed by atoms with Crippen LogP contribution in [0, 0.1) is 13.8 Å². The van der Waals surface area contributed by atoms with Crippen molar-refractivity contribution >= 4 is 20.0 Å². The van der Waals surface area contributed by atoms with Crippen LogP contribution < -0.4 is 4.72 Å². The van der Waals surface area contributed by atoms with Gasteiger partial charge in [0, 0.05) is 18.6 Å². The number of aryl methyl sites for hydroxylation is 2. The van der Waals surface area contributed by atoms with E-state index in [0.717, 1.165) is 6.26 Å². The van der Waals surface area contributed by atoms with Gasteiger partial charge in [-0.1, -0.05) is 5.16 Å². The summed E-state index contributed by atoms with van der Waals surface area (Å²) in [7, 11) is -7.24. The summed E-state index contributed by atoms with van der Waals surface area (Å²) in [4.78, 5) is -0.00540. The van der Waals surface area contributed by atoms with E-state index < -0.39 is 25.6 Å². The van der Waals surface area contributed by atoms with E-state index in [4.69, 9.17) is 4.52 Å². The Morgan fingerprint density at radius 1 is 1.18 bits per heavy atom. The standard InChI is InChI=1S/C12H23N3O5S2/c1-9-11(10(2)20-14-9)22(18,19)13-7-8-15(12(3,4)5)21(6,16)17/h13H,7-8H2,1-6H3. The van der Waals surface area contributed by atoms with Gasteiger partial charge in [-0.25, -0.2) is 21.6 Å². The van der Waals surface area contributed by atoms with Crippen LogP contribution in [0.5, 0.6) is 0 Å². The highest BCUT2D eigenvalue weighted by Crippen LogP contribution is 2.19. The lowest BCUT2D eigenvalue weighted by atomic mass is 10.1. The van der Waals surface area contributed by atoms with Crippen LogP contribution in [-0.2, 0) is 20.0 Å². The van der Waals surface area contributed by atoms with Crippen molar-refractivity contribution in [2.75, 3.05) is 19.3 Å². The zero-order valence-electron chi connectivity index (χ0n) is 13.7. The topological polar surface area (TPSA) is 110 Å². The van der Waals surface area contributed by atoms with Crippen LogP contribution in [-0.4, -0.2) is 51.2 Å². The minimum Gasteiger partial charge on any atom is -0.360 e. The van der Waals surface area contributed by atoms with Gasteiger partial charge in [0.05, 0.1) is 6.26 Å². The Morgan fingerprint density at radius 2 is 1.73 bits per heavy atom. The van der Waals surface area contributed by atoms with Crippen LogP contribution in [0.3, 0.4) is 0 Å². The number of aromatic nitrogens is 1. The fourth-order valence-electron chi connectivity index (χ4n) is 2.21. The molecule has 128 valence electrons. The number of nitrogens with one attached hydrogen (secondary N) is 1. The van der Waals surface area contributed by atoms with Gasteiger partial charge in [0.15, 0.2) is 5.76 Å². The summed E-state index contributed by atoms with van der Waals surface area (Å²) in [5, 5.41) is 3.60. The zero-order chi connectivity index (χ0) is 17.3. The van der Waals surface area contributed by atoms with Gasteiger partial charge in [0.2, 0.25) is 20.0 Å². The summed E-state index contributed by atoms with van der Waals surface area (Å²) in [6, 6.07) is 0. The van der Waals surface area contributed by atoms with Crippen LogP contribution in [0.25, 0.3) is 0 Å². The van der Waals surface area contributed by atoms with Crippen molar-refractivity contribution < 1.29 is 21.4 Å². The third-order valence-electron chi connectivity index (χ3n) is 2.99. The highest BCUT2D eigenvalue weighted by Gasteiger charge is 2.30. The molecule has 0 fully saturated rings. The molecule has 0 bridgehead atoms. The van der Waals surface area contributed by atoms with Gasteiger partial charge in [-0.05, 0) is 34.6 Å². The van der Waals surface area contributed by atoms with Crippen molar-refractivity contribution in [1.82, 2.24) is 14.2 Å². The summed E-state index contributed by atoms with van der Waals surface area (Å²) in [5.74, 6) is 0.195. The molecule has 0 aliphatic heterocycles. The van der Waals surface area contributed by atoms with E-state index in [9.17, 15) is 16.8 Å². The summed E-state index contributed by atoms with van der Waals surface area (Å²) in [5.41, 5.74) is -0.372. The largest absolute Gasteiger partial charge is 0.360 e. The predicted octanol–water partition coefficient (Wildman–Crippen LogP) is 0.630. The first kappa shape index (κ1) is 19.1. The molecule has 0 aliphatic rings. The molecule has 0 spiro atoms. The average Bonchev–Trinajstić information content (AvgIpc) is 2.61. The minimum atomic E-state index is -3.79. The molecule has 10 heteroatoms. The second-order valence-electron chi connectivity index (χ2n) is 6.06. The third-order valence-corrected chi connectivity index (χ3v) is 6.23. The maximum atomic E-state index is 12.2. The number of rotatable bonds is 6. The van der Waals surface area contributed by atoms with E-state index in [1.807, 2.05) is 0 Å². The Hall–Kier alpha value is -0.970. The van der Waals surface area contributed by atoms with Gasteiger partial charge < -0.3 is 4.52 Å². The summed E-state index contributed by atoms with van der Waals surface area (Å²) in [6.45, 7) is 8.27. The van der Waals surface area contributed by atoms with Crippen molar-refractivity contribution in [3.8, 4) is 0 Å². The third kappa shape index (κ3) is 4.51. The molecule has 0 atom stereocenters. The maximum Gasteiger partial charge on any atom is 0.246 e. The smallest absolute Gasteiger partial charge is 0.246 e. The monoisotopic (exact) mass is 353 g/mol. The summed E-state index contributed by atoms with van der Waals surface area (Å²) >= 11 is 0. The second-order valence-corrected chi connectivity index (χ2v) is 9.67. The molecule has 0 aromatic carbocycles. The SMILES string of the molecule is Cc1noc(C)c1S(=O)(=O)NCCN(C(C)(C)C)S(C)(=O)=O. The predicted molar refractivity (Wildman–Crippen MR) is 82.5 cm³/mol. The molecule has 8 nitrogen and oxygen atoms in total. The van der Waals surface area contributed by atoms with Crippen molar-refractivity contribution in [3.05, 3.63) is 11.5 Å². The molecule has 0 unspecified atom stereocenters. The zero-order valence-corrected chi connectivity index (χ0v) is 15.3. The Morgan fingerprint density at radius 3 is 2.09 bits per heavy atom. The van der Waals surface area contributed by atoms with Crippen molar-refractivity contribution in [1.29, 1.82) is 0 Å². The van der Waals surface area contributed by atoms with Crippen LogP contribution >= 0.6 is 0 Å². The van der Waals surface area contributed by atoms with Gasteiger partial charge >= 0.3 is 0 Å². The normalized spacial score (nSPS) is 13.8. The van der Waals surface area contributed by atoms with E-state index in [0.29, 0.717) is 0 Å². The Kier molecular flexibility index (Phi) is 5.43. The first-order valence-corrected chi connectivity index (χ1v) is 10.0. The van der Waals surface area contributed by atoms with Gasteiger partial charge in [0.25, 0.3) is 0 Å². The lowest BCUT2D eigenvalue weighted by Crippen LogP contribution is -2.48. The summed E-state index contributed by atoms with van der Waals surface area (Å²) in [6.07, 6.45) is 1.10. The minimum absolute atomic E-state index is 0.00540. The van der Waals surface area contributed by atoms with Crippen molar-refractivity contribution in [2.45, 2.75) is 45.1 Å². The fraction of sp³-hybridized carbons (Fsp3) is 0.750. The van der Waals surface area contributed by atoms with Crippen LogP contribution in [0.15, 0.2) is 9.42 Å². The number of hydrogen-bond donors (Lipinski definition) is 1. The quantitative estimate of drug-likeness (QED) is 0.803.